The number of carbonyl (C=O) groups excluding carboxylic acids is 1. The lowest BCUT2D eigenvalue weighted by Crippen LogP contribution is -2.45. The van der Waals surface area contributed by atoms with E-state index in [4.69, 9.17) is 9.26 Å². The van der Waals surface area contributed by atoms with Gasteiger partial charge in [0.2, 0.25) is 40.2 Å². The van der Waals surface area contributed by atoms with Crippen molar-refractivity contribution in [1.29, 1.82) is 0 Å². The lowest BCUT2D eigenvalue weighted by molar-refractivity contribution is -0.194. The minimum absolute atomic E-state index is 0.00982. The number of para-hydroxylation sites is 1. The number of rotatable bonds is 11. The molecule has 0 radical (unpaired) electrons. The van der Waals surface area contributed by atoms with E-state index >= 15 is 0 Å². The van der Waals surface area contributed by atoms with Gasteiger partial charge in [0.25, 0.3) is 0 Å². The van der Waals surface area contributed by atoms with Crippen molar-refractivity contribution in [2.45, 2.75) is 70.6 Å². The molecule has 0 aliphatic carbocycles. The van der Waals surface area contributed by atoms with Crippen LogP contribution >= 0.6 is 7.60 Å². The number of carboxylic acids is 1. The van der Waals surface area contributed by atoms with Crippen LogP contribution in [-0.2, 0) is 39.6 Å². The number of esters is 1. The Morgan fingerprint density at radius 3 is 2.31 bits per heavy atom. The molecule has 5 aliphatic heterocycles. The van der Waals surface area contributed by atoms with Crippen LogP contribution in [0, 0.1) is 29.1 Å². The fraction of sp³-hybridized carbons (Fsp3) is 0.312. The summed E-state index contributed by atoms with van der Waals surface area (Å²) in [6.45, 7) is 2.35. The van der Waals surface area contributed by atoms with Crippen molar-refractivity contribution in [2.24, 2.45) is 0 Å². The van der Waals surface area contributed by atoms with Crippen LogP contribution in [0.25, 0.3) is 5.57 Å². The largest absolute Gasteiger partial charge is 0.775 e. The molecular formula is C48H40F5N2O8P. The van der Waals surface area contributed by atoms with E-state index in [-0.39, 0.29) is 42.3 Å². The number of hydrogen-bond donors (Lipinski definition) is 1. The van der Waals surface area contributed by atoms with Gasteiger partial charge in [-0.3, -0.25) is 4.79 Å². The Labute approximate surface area is 363 Å². The highest BCUT2D eigenvalue weighted by atomic mass is 31.2. The molecule has 0 aromatic heterocycles. The second-order valence-electron chi connectivity index (χ2n) is 16.8. The lowest BCUT2D eigenvalue weighted by Gasteiger charge is -2.40. The van der Waals surface area contributed by atoms with Crippen LogP contribution in [-0.4, -0.2) is 43.3 Å². The van der Waals surface area contributed by atoms with Crippen molar-refractivity contribution < 1.29 is 60.1 Å². The zero-order valence-corrected chi connectivity index (χ0v) is 35.2. The molecule has 10 rings (SSSR count). The van der Waals surface area contributed by atoms with Crippen molar-refractivity contribution >= 4 is 41.8 Å². The Hall–Kier alpha value is -5.89. The number of ether oxygens (including phenoxy) is 2. The lowest BCUT2D eigenvalue weighted by atomic mass is 9.81. The molecule has 5 heterocycles. The van der Waals surface area contributed by atoms with Gasteiger partial charge in [0.1, 0.15) is 24.6 Å². The normalized spacial score (nSPS) is 16.4. The molecule has 0 fully saturated rings. The Morgan fingerprint density at radius 2 is 1.53 bits per heavy atom. The van der Waals surface area contributed by atoms with Crippen LogP contribution in [0.5, 0.6) is 17.2 Å². The molecular weight excluding hydrogens is 858 g/mol. The van der Waals surface area contributed by atoms with Crippen molar-refractivity contribution in [2.75, 3.05) is 31.1 Å². The van der Waals surface area contributed by atoms with Crippen molar-refractivity contribution in [3.63, 3.8) is 0 Å². The van der Waals surface area contributed by atoms with Gasteiger partial charge in [-0.1, -0.05) is 24.6 Å². The third kappa shape index (κ3) is 6.99. The van der Waals surface area contributed by atoms with Crippen LogP contribution in [0.4, 0.5) is 33.3 Å². The molecule has 330 valence electrons. The predicted octanol–water partition coefficient (Wildman–Crippen LogP) is 7.17. The zero-order chi connectivity index (χ0) is 44.6. The standard InChI is InChI=1S/C48H40F5N2O8P/c49-38-39(50)41(52)47(42(53)40(38)51)62-36(56)14-2-1-5-20-61-64(59,60)28-15-16-29(48(57)58)31(24-28)37-32-22-26-10-6-17-54-18-8-12-30(43(26)54)45(32)63-46-33(37)23-27-11-7-19-55-35-13-4-3-9-25(35)21-34(46)44(27)55/h3-4,9,13,15-16,22-24H,1-2,5-8,10-12,14,17-21H2,(H-,57,58,59,60). The van der Waals surface area contributed by atoms with E-state index in [1.54, 1.807) is 0 Å². The highest BCUT2D eigenvalue weighted by Gasteiger charge is 2.38. The summed E-state index contributed by atoms with van der Waals surface area (Å²) in [7, 11) is -4.86. The summed E-state index contributed by atoms with van der Waals surface area (Å²) in [5, 5.41) is 12.4. The van der Waals surface area contributed by atoms with Gasteiger partial charge in [0.05, 0.1) is 23.4 Å². The molecule has 0 saturated heterocycles. The number of carbonyl (C=O) groups is 2. The fourth-order valence-corrected chi connectivity index (χ4v) is 11.1. The first kappa shape index (κ1) is 42.1. The maximum absolute atomic E-state index is 14.0. The summed E-state index contributed by atoms with van der Waals surface area (Å²) < 4.78 is 102. The Kier molecular flexibility index (Phi) is 10.7. The summed E-state index contributed by atoms with van der Waals surface area (Å²) in [5.74, 6) is -14.4. The number of hydrogen-bond acceptors (Lipinski definition) is 8. The van der Waals surface area contributed by atoms with Crippen molar-refractivity contribution in [3.05, 3.63) is 139 Å². The molecule has 0 saturated carbocycles. The van der Waals surface area contributed by atoms with E-state index < -0.39 is 60.8 Å². The zero-order valence-electron chi connectivity index (χ0n) is 34.3. The number of unbranched alkanes of at least 4 members (excludes halogenated alkanes) is 2. The molecule has 0 spiro atoms. The first-order valence-electron chi connectivity index (χ1n) is 21.4. The van der Waals surface area contributed by atoms with E-state index in [9.17, 15) is 46.1 Å². The van der Waals surface area contributed by atoms with E-state index in [0.717, 1.165) is 97.4 Å². The van der Waals surface area contributed by atoms with Gasteiger partial charge in [0, 0.05) is 70.7 Å². The van der Waals surface area contributed by atoms with Gasteiger partial charge in [-0.25, -0.2) is 22.5 Å². The molecule has 1 unspecified atom stereocenters. The highest BCUT2D eigenvalue weighted by molar-refractivity contribution is 7.59. The second-order valence-corrected chi connectivity index (χ2v) is 18.5. The first-order valence-corrected chi connectivity index (χ1v) is 23.0. The molecule has 1 N–H and O–H groups in total. The minimum Gasteiger partial charge on any atom is -0.775 e. The number of fused-ring (bicyclic) bond motifs is 6. The maximum Gasteiger partial charge on any atom is 0.336 e. The Balaban J connectivity index is 0.991. The summed E-state index contributed by atoms with van der Waals surface area (Å²) >= 11 is 0. The third-order valence-electron chi connectivity index (χ3n) is 12.9. The van der Waals surface area contributed by atoms with Crippen LogP contribution in [0.2, 0.25) is 0 Å². The summed E-state index contributed by atoms with van der Waals surface area (Å²) in [6, 6.07) is 16.3. The molecule has 0 amide bonds. The van der Waals surface area contributed by atoms with Crippen LogP contribution in [0.1, 0.15) is 94.2 Å². The van der Waals surface area contributed by atoms with Crippen LogP contribution < -0.4 is 39.7 Å². The van der Waals surface area contributed by atoms with Gasteiger partial charge in [-0.2, -0.15) is 8.78 Å². The van der Waals surface area contributed by atoms with Gasteiger partial charge in [-0.15, -0.1) is 0 Å². The topological polar surface area (TPSA) is 128 Å². The highest BCUT2D eigenvalue weighted by Crippen LogP contribution is 2.52. The molecule has 64 heavy (non-hydrogen) atoms. The average molecular weight is 899 g/mol. The number of benzene rings is 5. The number of anilines is 2. The number of aryl methyl sites for hydroxylation is 2. The van der Waals surface area contributed by atoms with Crippen molar-refractivity contribution in [3.8, 4) is 17.2 Å². The SMILES string of the molecule is O=C(CCCCCOP(=O)([O-])c1ccc(C(=O)O)c(C2=c3cc4c5c(c3Oc3c2cc2c6c3Cc3ccccc3N6CCC2)CCC[N+]=5CCC4)c1)Oc1c(F)c(F)c(F)c(F)c1F. The quantitative estimate of drug-likeness (QED) is 0.0211. The molecule has 0 bridgehead atoms. The van der Waals surface area contributed by atoms with E-state index in [0.29, 0.717) is 34.3 Å². The van der Waals surface area contributed by atoms with Gasteiger partial charge < -0.3 is 33.5 Å². The third-order valence-corrected chi connectivity index (χ3v) is 14.3. The molecule has 5 aromatic rings. The van der Waals surface area contributed by atoms with E-state index in [1.165, 1.54) is 23.6 Å². The fourth-order valence-electron chi connectivity index (χ4n) is 10.1. The number of carboxylic acid groups (broad SMARTS) is 1. The molecule has 16 heteroatoms. The van der Waals surface area contributed by atoms with Gasteiger partial charge in [0.15, 0.2) is 7.60 Å². The van der Waals surface area contributed by atoms with Gasteiger partial charge >= 0.3 is 11.9 Å². The van der Waals surface area contributed by atoms with E-state index in [1.807, 2.05) is 12.1 Å². The minimum atomic E-state index is -4.86. The predicted molar refractivity (Wildman–Crippen MR) is 223 cm³/mol. The molecule has 10 nitrogen and oxygen atoms in total. The molecule has 5 aromatic carbocycles. The van der Waals surface area contributed by atoms with Crippen LogP contribution in [0.3, 0.4) is 0 Å². The second kappa shape index (κ2) is 16.3. The smallest absolute Gasteiger partial charge is 0.336 e. The van der Waals surface area contributed by atoms with Crippen LogP contribution in [0.15, 0.2) is 54.6 Å². The Morgan fingerprint density at radius 1 is 0.797 bits per heavy atom. The summed E-state index contributed by atoms with van der Waals surface area (Å²) in [6.07, 6.45) is 5.55. The molecule has 1 atom stereocenters. The number of halogens is 5. The Bertz CT molecular complexity index is 3020. The first-order chi connectivity index (χ1) is 30.8. The number of aromatic carboxylic acids is 1. The molecule has 5 aliphatic rings. The summed E-state index contributed by atoms with van der Waals surface area (Å²) in [4.78, 5) is 41.6. The summed E-state index contributed by atoms with van der Waals surface area (Å²) in [5.41, 5.74) is 9.08. The maximum atomic E-state index is 14.0. The number of nitrogens with zero attached hydrogens (tertiary/aromatic N) is 2. The van der Waals surface area contributed by atoms with Crippen molar-refractivity contribution in [1.82, 2.24) is 4.58 Å². The monoisotopic (exact) mass is 898 g/mol. The van der Waals surface area contributed by atoms with E-state index in [2.05, 4.69) is 38.5 Å². The van der Waals surface area contributed by atoms with Gasteiger partial charge in [-0.05, 0) is 91.6 Å². The average Bonchev–Trinajstić information content (AvgIpc) is 3.29.